The summed E-state index contributed by atoms with van der Waals surface area (Å²) in [7, 11) is 1.60. The van der Waals surface area contributed by atoms with Crippen molar-refractivity contribution in [2.45, 2.75) is 13.0 Å². The van der Waals surface area contributed by atoms with Gasteiger partial charge < -0.3 is 14.8 Å². The summed E-state index contributed by atoms with van der Waals surface area (Å²) in [5.41, 5.74) is 0.976. The Hall–Kier alpha value is -1.07. The first-order chi connectivity index (χ1) is 8.17. The average Bonchev–Trinajstić information content (AvgIpc) is 2.30. The van der Waals surface area contributed by atoms with E-state index in [1.165, 1.54) is 0 Å². The van der Waals surface area contributed by atoms with Gasteiger partial charge in [-0.1, -0.05) is 6.07 Å². The molecule has 5 heteroatoms. The maximum absolute atomic E-state index is 11.9. The van der Waals surface area contributed by atoms with Crippen LogP contribution in [0.3, 0.4) is 0 Å². The minimum Gasteiger partial charge on any atom is -0.482 e. The van der Waals surface area contributed by atoms with Crippen LogP contribution in [0.15, 0.2) is 24.3 Å². The zero-order valence-electron chi connectivity index (χ0n) is 9.90. The Bertz CT molecular complexity index is 371. The number of nitrogens with one attached hydrogen (secondary N) is 1. The first-order valence-corrected chi connectivity index (χ1v) is 6.38. The number of carbonyl (C=O) groups is 1. The molecule has 1 N–H and O–H groups in total. The number of rotatable bonds is 6. The van der Waals surface area contributed by atoms with Crippen LogP contribution >= 0.6 is 15.9 Å². The van der Waals surface area contributed by atoms with Crippen molar-refractivity contribution >= 4 is 21.8 Å². The first-order valence-electron chi connectivity index (χ1n) is 5.26. The second-order valence-electron chi connectivity index (χ2n) is 3.61. The molecule has 0 spiro atoms. The Labute approximate surface area is 109 Å². The summed E-state index contributed by atoms with van der Waals surface area (Å²) in [6.07, 6.45) is 0. The molecule has 0 aliphatic carbocycles. The molecule has 0 saturated heterocycles. The summed E-state index contributed by atoms with van der Waals surface area (Å²) < 4.78 is 10.2. The Morgan fingerprint density at radius 2 is 2.29 bits per heavy atom. The van der Waals surface area contributed by atoms with Crippen LogP contribution < -0.4 is 10.1 Å². The third kappa shape index (κ3) is 4.75. The summed E-state index contributed by atoms with van der Waals surface area (Å²) in [5, 5.41) is 2.84. The second kappa shape index (κ2) is 7.29. The zero-order valence-corrected chi connectivity index (χ0v) is 11.5. The molecule has 17 heavy (non-hydrogen) atoms. The molecule has 0 saturated carbocycles. The van der Waals surface area contributed by atoms with Gasteiger partial charge in [-0.15, -0.1) is 0 Å². The summed E-state index contributed by atoms with van der Waals surface area (Å²) in [6, 6.07) is 7.02. The fourth-order valence-electron chi connectivity index (χ4n) is 1.39. The molecular formula is C12H16BrNO3. The van der Waals surface area contributed by atoms with Crippen LogP contribution in [0, 0.1) is 0 Å². The molecule has 1 amide bonds. The van der Waals surface area contributed by atoms with E-state index in [2.05, 4.69) is 21.2 Å². The van der Waals surface area contributed by atoms with Gasteiger partial charge in [-0.05, 0) is 41.1 Å². The lowest BCUT2D eigenvalue weighted by molar-refractivity contribution is 0.0905. The van der Waals surface area contributed by atoms with Crippen molar-refractivity contribution in [3.05, 3.63) is 29.8 Å². The molecule has 1 aromatic rings. The summed E-state index contributed by atoms with van der Waals surface area (Å²) in [4.78, 5) is 11.9. The lowest BCUT2D eigenvalue weighted by atomic mass is 10.2. The monoisotopic (exact) mass is 301 g/mol. The summed E-state index contributed by atoms with van der Waals surface area (Å²) in [6.45, 7) is 2.38. The van der Waals surface area contributed by atoms with Crippen molar-refractivity contribution in [3.63, 3.8) is 0 Å². The van der Waals surface area contributed by atoms with E-state index >= 15 is 0 Å². The average molecular weight is 302 g/mol. The Morgan fingerprint density at radius 1 is 1.53 bits per heavy atom. The minimum absolute atomic E-state index is 0.0201. The van der Waals surface area contributed by atoms with Crippen molar-refractivity contribution in [1.82, 2.24) is 5.32 Å². The molecule has 0 bridgehead atoms. The molecule has 1 atom stereocenters. The molecule has 1 unspecified atom stereocenters. The Kier molecular flexibility index (Phi) is 6.00. The number of halogens is 1. The lowest BCUT2D eigenvalue weighted by Gasteiger charge is -2.13. The zero-order chi connectivity index (χ0) is 12.7. The molecule has 4 nitrogen and oxygen atoms in total. The van der Waals surface area contributed by atoms with Crippen LogP contribution in [0.1, 0.15) is 17.3 Å². The predicted octanol–water partition coefficient (Wildman–Crippen LogP) is 2.18. The molecule has 0 aromatic heterocycles. The Balaban J connectivity index is 2.65. The van der Waals surface area contributed by atoms with Gasteiger partial charge in [-0.2, -0.15) is 0 Å². The number of benzene rings is 1. The lowest BCUT2D eigenvalue weighted by Crippen LogP contribution is -2.35. The van der Waals surface area contributed by atoms with Gasteiger partial charge in [0.05, 0.1) is 6.61 Å². The van der Waals surface area contributed by atoms with E-state index in [0.717, 1.165) is 0 Å². The normalized spacial score (nSPS) is 11.9. The van der Waals surface area contributed by atoms with Crippen LogP contribution in [-0.2, 0) is 4.74 Å². The highest BCUT2D eigenvalue weighted by Gasteiger charge is 2.10. The molecule has 0 fully saturated rings. The number of amides is 1. The van der Waals surface area contributed by atoms with Crippen LogP contribution in [-0.4, -0.2) is 31.2 Å². The molecule has 0 aliphatic rings. The van der Waals surface area contributed by atoms with Gasteiger partial charge in [0.25, 0.3) is 5.91 Å². The number of alkyl halides is 1. The minimum atomic E-state index is -0.130. The highest BCUT2D eigenvalue weighted by atomic mass is 79.9. The Morgan fingerprint density at radius 3 is 2.94 bits per heavy atom. The van der Waals surface area contributed by atoms with Crippen molar-refractivity contribution in [1.29, 1.82) is 0 Å². The quantitative estimate of drug-likeness (QED) is 0.819. The van der Waals surface area contributed by atoms with E-state index in [4.69, 9.17) is 9.47 Å². The van der Waals surface area contributed by atoms with Crippen molar-refractivity contribution in [2.24, 2.45) is 0 Å². The van der Waals surface area contributed by atoms with Crippen molar-refractivity contribution in [2.75, 3.05) is 19.2 Å². The maximum Gasteiger partial charge on any atom is 0.251 e. The van der Waals surface area contributed by atoms with E-state index in [1.807, 2.05) is 6.92 Å². The standard InChI is InChI=1S/C12H16BrNO3/c1-9(7-16-2)14-12(15)10-4-3-5-11(6-10)17-8-13/h3-6,9H,7-8H2,1-2H3,(H,14,15). The van der Waals surface area contributed by atoms with Crippen LogP contribution in [0.2, 0.25) is 0 Å². The van der Waals surface area contributed by atoms with Gasteiger partial charge in [0.1, 0.15) is 11.3 Å². The van der Waals surface area contributed by atoms with Crippen LogP contribution in [0.5, 0.6) is 5.75 Å². The SMILES string of the molecule is COCC(C)NC(=O)c1cccc(OCBr)c1. The van der Waals surface area contributed by atoms with Crippen molar-refractivity contribution < 1.29 is 14.3 Å². The molecule has 0 heterocycles. The fraction of sp³-hybridized carbons (Fsp3) is 0.417. The number of hydrogen-bond acceptors (Lipinski definition) is 3. The molecule has 94 valence electrons. The number of hydrogen-bond donors (Lipinski definition) is 1. The molecule has 1 aromatic carbocycles. The maximum atomic E-state index is 11.9. The van der Waals surface area contributed by atoms with Gasteiger partial charge in [0.15, 0.2) is 0 Å². The van der Waals surface area contributed by atoms with Gasteiger partial charge >= 0.3 is 0 Å². The fourth-order valence-corrected chi connectivity index (χ4v) is 1.65. The van der Waals surface area contributed by atoms with E-state index in [1.54, 1.807) is 31.4 Å². The molecule has 1 rings (SSSR count). The van der Waals surface area contributed by atoms with Crippen LogP contribution in [0.4, 0.5) is 0 Å². The largest absolute Gasteiger partial charge is 0.482 e. The molecule has 0 radical (unpaired) electrons. The van der Waals surface area contributed by atoms with E-state index in [0.29, 0.717) is 23.4 Å². The smallest absolute Gasteiger partial charge is 0.251 e. The summed E-state index contributed by atoms with van der Waals surface area (Å²) in [5.74, 6) is 0.531. The first kappa shape index (κ1) is 14.0. The van der Waals surface area contributed by atoms with E-state index in [9.17, 15) is 4.79 Å². The van der Waals surface area contributed by atoms with Gasteiger partial charge in [0.2, 0.25) is 0 Å². The summed E-state index contributed by atoms with van der Waals surface area (Å²) >= 11 is 3.17. The van der Waals surface area contributed by atoms with Gasteiger partial charge in [-0.25, -0.2) is 0 Å². The molecule has 0 aliphatic heterocycles. The highest BCUT2D eigenvalue weighted by molar-refractivity contribution is 9.09. The number of methoxy groups -OCH3 is 1. The number of carbonyl (C=O) groups excluding carboxylic acids is 1. The number of ether oxygens (including phenoxy) is 2. The molecular weight excluding hydrogens is 286 g/mol. The third-order valence-electron chi connectivity index (χ3n) is 2.11. The topological polar surface area (TPSA) is 47.6 Å². The predicted molar refractivity (Wildman–Crippen MR) is 69.7 cm³/mol. The van der Waals surface area contributed by atoms with Crippen LogP contribution in [0.25, 0.3) is 0 Å². The van der Waals surface area contributed by atoms with Gasteiger partial charge in [-0.3, -0.25) is 4.79 Å². The van der Waals surface area contributed by atoms with E-state index in [-0.39, 0.29) is 11.9 Å². The highest BCUT2D eigenvalue weighted by Crippen LogP contribution is 2.14. The second-order valence-corrected chi connectivity index (χ2v) is 4.07. The van der Waals surface area contributed by atoms with Gasteiger partial charge in [0, 0.05) is 18.7 Å². The van der Waals surface area contributed by atoms with E-state index < -0.39 is 0 Å². The van der Waals surface area contributed by atoms with Crippen molar-refractivity contribution in [3.8, 4) is 5.75 Å². The third-order valence-corrected chi connectivity index (χ3v) is 2.34.